The molecule has 2 fully saturated rings. The molecular weight excluding hydrogens is 298 g/mol. The molecule has 1 saturated carbocycles. The molecular formula is C16H25N3O2S. The molecule has 0 aromatic carbocycles. The van der Waals surface area contributed by atoms with Gasteiger partial charge in [0, 0.05) is 23.9 Å². The smallest absolute Gasteiger partial charge is 0.317 e. The van der Waals surface area contributed by atoms with Crippen LogP contribution in [0, 0.1) is 19.8 Å². The van der Waals surface area contributed by atoms with Crippen LogP contribution in [0.4, 0.5) is 4.79 Å². The molecule has 1 aliphatic carbocycles. The first-order valence-corrected chi connectivity index (χ1v) is 8.98. The van der Waals surface area contributed by atoms with Gasteiger partial charge in [0.1, 0.15) is 0 Å². The summed E-state index contributed by atoms with van der Waals surface area (Å²) in [5, 5.41) is 14.7. The van der Waals surface area contributed by atoms with Crippen molar-refractivity contribution in [3.8, 4) is 0 Å². The van der Waals surface area contributed by atoms with E-state index in [0.717, 1.165) is 34.8 Å². The number of amides is 2. The molecule has 2 N–H and O–H groups in total. The number of aryl methyl sites for hydroxylation is 2. The Morgan fingerprint density at radius 2 is 2.27 bits per heavy atom. The van der Waals surface area contributed by atoms with Gasteiger partial charge in [-0.25, -0.2) is 9.78 Å². The standard InChI is InChI=1S/C16H25N3O2S/c1-11-14(18-12(2)22-11)9-17-15(20)19-8-7-16(21)6-4-3-5-13(16)10-19/h13,21H,3-10H2,1-2H3,(H,17,20). The van der Waals surface area contributed by atoms with Crippen molar-refractivity contribution in [1.82, 2.24) is 15.2 Å². The molecule has 2 unspecified atom stereocenters. The summed E-state index contributed by atoms with van der Waals surface area (Å²) in [7, 11) is 0. The first-order chi connectivity index (χ1) is 10.5. The van der Waals surface area contributed by atoms with E-state index in [9.17, 15) is 9.90 Å². The Morgan fingerprint density at radius 3 is 3.00 bits per heavy atom. The minimum absolute atomic E-state index is 0.0299. The first-order valence-electron chi connectivity index (χ1n) is 8.16. The van der Waals surface area contributed by atoms with Crippen LogP contribution in [0.15, 0.2) is 0 Å². The zero-order valence-corrected chi connectivity index (χ0v) is 14.2. The molecule has 122 valence electrons. The maximum Gasteiger partial charge on any atom is 0.317 e. The number of thiazole rings is 1. The Balaban J connectivity index is 1.56. The van der Waals surface area contributed by atoms with Crippen molar-refractivity contribution in [2.24, 2.45) is 5.92 Å². The highest BCUT2D eigenvalue weighted by Gasteiger charge is 2.43. The number of hydrogen-bond donors (Lipinski definition) is 2. The lowest BCUT2D eigenvalue weighted by Gasteiger charge is -2.47. The minimum Gasteiger partial charge on any atom is -0.389 e. The molecule has 2 amide bonds. The van der Waals surface area contributed by atoms with Gasteiger partial charge in [-0.3, -0.25) is 0 Å². The summed E-state index contributed by atoms with van der Waals surface area (Å²) < 4.78 is 0. The number of aromatic nitrogens is 1. The van der Waals surface area contributed by atoms with Crippen LogP contribution in [0.1, 0.15) is 47.7 Å². The predicted molar refractivity (Wildman–Crippen MR) is 86.9 cm³/mol. The summed E-state index contributed by atoms with van der Waals surface area (Å²) in [5.74, 6) is 0.240. The van der Waals surface area contributed by atoms with Crippen LogP contribution in [0.2, 0.25) is 0 Å². The van der Waals surface area contributed by atoms with Crippen molar-refractivity contribution < 1.29 is 9.90 Å². The molecule has 0 bridgehead atoms. The number of piperidine rings is 1. The molecule has 6 heteroatoms. The Labute approximate surface area is 135 Å². The average molecular weight is 323 g/mol. The number of nitrogens with one attached hydrogen (secondary N) is 1. The molecule has 22 heavy (non-hydrogen) atoms. The van der Waals surface area contributed by atoms with E-state index in [1.807, 2.05) is 18.7 Å². The third-order valence-electron chi connectivity index (χ3n) is 5.12. The van der Waals surface area contributed by atoms with E-state index >= 15 is 0 Å². The van der Waals surface area contributed by atoms with Crippen LogP contribution in [0.25, 0.3) is 0 Å². The fourth-order valence-electron chi connectivity index (χ4n) is 3.76. The number of carbonyl (C=O) groups is 1. The summed E-state index contributed by atoms with van der Waals surface area (Å²) in [5.41, 5.74) is 0.430. The number of fused-ring (bicyclic) bond motifs is 1. The van der Waals surface area contributed by atoms with Crippen molar-refractivity contribution in [1.29, 1.82) is 0 Å². The average Bonchev–Trinajstić information content (AvgIpc) is 2.81. The molecule has 1 aromatic rings. The van der Waals surface area contributed by atoms with Gasteiger partial charge in [-0.1, -0.05) is 12.8 Å². The number of rotatable bonds is 2. The van der Waals surface area contributed by atoms with Crippen LogP contribution in [-0.2, 0) is 6.54 Å². The van der Waals surface area contributed by atoms with Crippen molar-refractivity contribution >= 4 is 17.4 Å². The van der Waals surface area contributed by atoms with E-state index in [2.05, 4.69) is 10.3 Å². The number of aliphatic hydroxyl groups is 1. The fourth-order valence-corrected chi connectivity index (χ4v) is 4.60. The lowest BCUT2D eigenvalue weighted by Crippen LogP contribution is -2.56. The molecule has 2 heterocycles. The maximum atomic E-state index is 12.4. The minimum atomic E-state index is -0.530. The van der Waals surface area contributed by atoms with Gasteiger partial charge in [0.15, 0.2) is 0 Å². The van der Waals surface area contributed by atoms with Crippen LogP contribution in [-0.4, -0.2) is 39.7 Å². The van der Waals surface area contributed by atoms with Gasteiger partial charge in [-0.15, -0.1) is 11.3 Å². The quantitative estimate of drug-likeness (QED) is 0.879. The zero-order chi connectivity index (χ0) is 15.7. The fraction of sp³-hybridized carbons (Fsp3) is 0.750. The van der Waals surface area contributed by atoms with Crippen molar-refractivity contribution in [3.63, 3.8) is 0 Å². The predicted octanol–water partition coefficient (Wildman–Crippen LogP) is 2.60. The van der Waals surface area contributed by atoms with Gasteiger partial charge in [0.05, 0.1) is 22.8 Å². The third-order valence-corrected chi connectivity index (χ3v) is 6.05. The largest absolute Gasteiger partial charge is 0.389 e. The van der Waals surface area contributed by atoms with Gasteiger partial charge in [-0.2, -0.15) is 0 Å². The van der Waals surface area contributed by atoms with Crippen molar-refractivity contribution in [2.45, 2.75) is 58.1 Å². The van der Waals surface area contributed by atoms with Crippen LogP contribution >= 0.6 is 11.3 Å². The monoisotopic (exact) mass is 323 g/mol. The highest BCUT2D eigenvalue weighted by Crippen LogP contribution is 2.39. The normalized spacial score (nSPS) is 28.3. The molecule has 5 nitrogen and oxygen atoms in total. The number of hydrogen-bond acceptors (Lipinski definition) is 4. The zero-order valence-electron chi connectivity index (χ0n) is 13.4. The van der Waals surface area contributed by atoms with Gasteiger partial charge < -0.3 is 15.3 Å². The van der Waals surface area contributed by atoms with Gasteiger partial charge in [0.2, 0.25) is 0 Å². The Kier molecular flexibility index (Phi) is 4.41. The highest BCUT2D eigenvalue weighted by atomic mass is 32.1. The highest BCUT2D eigenvalue weighted by molar-refractivity contribution is 7.11. The van der Waals surface area contributed by atoms with E-state index in [-0.39, 0.29) is 11.9 Å². The number of urea groups is 1. The lowest BCUT2D eigenvalue weighted by molar-refractivity contribution is -0.0870. The summed E-state index contributed by atoms with van der Waals surface area (Å²) in [6.07, 6.45) is 4.91. The molecule has 0 radical (unpaired) electrons. The molecule has 2 aliphatic rings. The molecule has 1 saturated heterocycles. The van der Waals surface area contributed by atoms with E-state index in [0.29, 0.717) is 26.1 Å². The number of nitrogens with zero attached hydrogens (tertiary/aromatic N) is 2. The van der Waals surface area contributed by atoms with Gasteiger partial charge in [0.25, 0.3) is 0 Å². The second-order valence-corrected chi connectivity index (χ2v) is 8.04. The summed E-state index contributed by atoms with van der Waals surface area (Å²) in [6, 6.07) is -0.0299. The maximum absolute atomic E-state index is 12.4. The van der Waals surface area contributed by atoms with Crippen molar-refractivity contribution in [3.05, 3.63) is 15.6 Å². The summed E-state index contributed by atoms with van der Waals surface area (Å²) >= 11 is 1.66. The second-order valence-electron chi connectivity index (χ2n) is 6.64. The van der Waals surface area contributed by atoms with Crippen LogP contribution in [0.5, 0.6) is 0 Å². The number of likely N-dealkylation sites (tertiary alicyclic amines) is 1. The molecule has 2 atom stereocenters. The Hall–Kier alpha value is -1.14. The van der Waals surface area contributed by atoms with Crippen molar-refractivity contribution in [2.75, 3.05) is 13.1 Å². The summed E-state index contributed by atoms with van der Waals surface area (Å²) in [6.45, 7) is 5.83. The van der Waals surface area contributed by atoms with Crippen LogP contribution < -0.4 is 5.32 Å². The van der Waals surface area contributed by atoms with Gasteiger partial charge >= 0.3 is 6.03 Å². The molecule has 1 aromatic heterocycles. The van der Waals surface area contributed by atoms with Gasteiger partial charge in [-0.05, 0) is 33.1 Å². The van der Waals surface area contributed by atoms with E-state index in [1.54, 1.807) is 11.3 Å². The Morgan fingerprint density at radius 1 is 1.45 bits per heavy atom. The van der Waals surface area contributed by atoms with E-state index < -0.39 is 5.60 Å². The SMILES string of the molecule is Cc1nc(CNC(=O)N2CCC3(O)CCCCC3C2)c(C)s1. The third kappa shape index (κ3) is 3.13. The second kappa shape index (κ2) is 6.16. The molecule has 3 rings (SSSR count). The number of carbonyl (C=O) groups excluding carboxylic acids is 1. The molecule has 1 aliphatic heterocycles. The van der Waals surface area contributed by atoms with E-state index in [4.69, 9.17) is 0 Å². The molecule has 0 spiro atoms. The first kappa shape index (κ1) is 15.7. The van der Waals surface area contributed by atoms with Crippen LogP contribution in [0.3, 0.4) is 0 Å². The Bertz CT molecular complexity index is 560. The lowest BCUT2D eigenvalue weighted by atomic mass is 9.71. The van der Waals surface area contributed by atoms with E-state index in [1.165, 1.54) is 6.42 Å². The summed E-state index contributed by atoms with van der Waals surface area (Å²) in [4.78, 5) is 19.9. The topological polar surface area (TPSA) is 65.5 Å².